The van der Waals surface area contributed by atoms with E-state index in [0.29, 0.717) is 18.9 Å². The molecule has 1 saturated heterocycles. The fourth-order valence-corrected chi connectivity index (χ4v) is 1.91. The first-order chi connectivity index (χ1) is 8.77. The van der Waals surface area contributed by atoms with Crippen molar-refractivity contribution in [1.82, 2.24) is 15.6 Å². The average molecular weight is 255 g/mol. The SMILES string of the molecule is CCCCN=C(NN)NCCC(=O)N1CCCC1. The predicted molar refractivity (Wildman–Crippen MR) is 73.0 cm³/mol. The third-order valence-corrected chi connectivity index (χ3v) is 3.01. The summed E-state index contributed by atoms with van der Waals surface area (Å²) in [6, 6.07) is 0. The molecule has 0 unspecified atom stereocenters. The number of nitrogens with one attached hydrogen (secondary N) is 2. The number of hydrazine groups is 1. The van der Waals surface area contributed by atoms with Gasteiger partial charge in [0.25, 0.3) is 0 Å². The summed E-state index contributed by atoms with van der Waals surface area (Å²) in [5.74, 6) is 6.14. The molecule has 18 heavy (non-hydrogen) atoms. The van der Waals surface area contributed by atoms with Gasteiger partial charge in [-0.2, -0.15) is 0 Å². The summed E-state index contributed by atoms with van der Waals surface area (Å²) in [6.45, 7) is 5.26. The van der Waals surface area contributed by atoms with Crippen molar-refractivity contribution in [2.45, 2.75) is 39.0 Å². The van der Waals surface area contributed by atoms with Crippen molar-refractivity contribution in [1.29, 1.82) is 0 Å². The lowest BCUT2D eigenvalue weighted by molar-refractivity contribution is -0.129. The summed E-state index contributed by atoms with van der Waals surface area (Å²) in [5.41, 5.74) is 2.52. The number of hydrogen-bond acceptors (Lipinski definition) is 3. The highest BCUT2D eigenvalue weighted by atomic mass is 16.2. The highest BCUT2D eigenvalue weighted by Gasteiger charge is 2.16. The summed E-state index contributed by atoms with van der Waals surface area (Å²) in [6.07, 6.45) is 4.91. The van der Waals surface area contributed by atoms with Crippen LogP contribution in [-0.2, 0) is 4.79 Å². The van der Waals surface area contributed by atoms with Crippen LogP contribution in [0.1, 0.15) is 39.0 Å². The maximum Gasteiger partial charge on any atom is 0.224 e. The Labute approximate surface area is 109 Å². The van der Waals surface area contributed by atoms with Crippen molar-refractivity contribution in [2.24, 2.45) is 10.8 Å². The normalized spacial score (nSPS) is 15.9. The number of aliphatic imine (C=N–C) groups is 1. The van der Waals surface area contributed by atoms with Crippen LogP contribution in [0.25, 0.3) is 0 Å². The number of likely N-dealkylation sites (tertiary alicyclic amines) is 1. The molecule has 0 radical (unpaired) electrons. The zero-order valence-electron chi connectivity index (χ0n) is 11.2. The van der Waals surface area contributed by atoms with E-state index < -0.39 is 0 Å². The fraction of sp³-hybridized carbons (Fsp3) is 0.833. The van der Waals surface area contributed by atoms with Crippen molar-refractivity contribution >= 4 is 11.9 Å². The Hall–Kier alpha value is -1.30. The number of unbranched alkanes of at least 4 members (excludes halogenated alkanes) is 1. The third kappa shape index (κ3) is 5.35. The van der Waals surface area contributed by atoms with Crippen LogP contribution in [0, 0.1) is 0 Å². The van der Waals surface area contributed by atoms with Gasteiger partial charge < -0.3 is 10.2 Å². The van der Waals surface area contributed by atoms with E-state index in [4.69, 9.17) is 5.84 Å². The molecule has 1 rings (SSSR count). The van der Waals surface area contributed by atoms with Crippen LogP contribution in [0.15, 0.2) is 4.99 Å². The topological polar surface area (TPSA) is 82.7 Å². The molecule has 6 heteroatoms. The molecule has 0 aromatic rings. The van der Waals surface area contributed by atoms with E-state index in [2.05, 4.69) is 22.7 Å². The van der Waals surface area contributed by atoms with Gasteiger partial charge in [0.2, 0.25) is 11.9 Å². The molecule has 1 amide bonds. The molecule has 0 atom stereocenters. The van der Waals surface area contributed by atoms with Crippen LogP contribution in [0.2, 0.25) is 0 Å². The van der Waals surface area contributed by atoms with Crippen molar-refractivity contribution in [3.05, 3.63) is 0 Å². The Balaban J connectivity index is 2.17. The average Bonchev–Trinajstić information content (AvgIpc) is 2.91. The van der Waals surface area contributed by atoms with Gasteiger partial charge in [-0.1, -0.05) is 13.3 Å². The van der Waals surface area contributed by atoms with E-state index >= 15 is 0 Å². The lowest BCUT2D eigenvalue weighted by Crippen LogP contribution is -2.43. The molecule has 104 valence electrons. The maximum atomic E-state index is 11.8. The van der Waals surface area contributed by atoms with E-state index in [-0.39, 0.29) is 5.91 Å². The van der Waals surface area contributed by atoms with Crippen LogP contribution >= 0.6 is 0 Å². The fourth-order valence-electron chi connectivity index (χ4n) is 1.91. The number of guanidine groups is 1. The van der Waals surface area contributed by atoms with Crippen LogP contribution in [0.5, 0.6) is 0 Å². The summed E-state index contributed by atoms with van der Waals surface area (Å²) in [4.78, 5) is 18.0. The van der Waals surface area contributed by atoms with Crippen molar-refractivity contribution in [3.8, 4) is 0 Å². The molecule has 0 aliphatic carbocycles. The van der Waals surface area contributed by atoms with Gasteiger partial charge >= 0.3 is 0 Å². The van der Waals surface area contributed by atoms with E-state index in [9.17, 15) is 4.79 Å². The standard InChI is InChI=1S/C12H25N5O/c1-2-3-7-14-12(16-13)15-8-6-11(18)17-9-4-5-10-17/h2-10,13H2,1H3,(H2,14,15,16). The number of carbonyl (C=O) groups excluding carboxylic acids is 1. The Morgan fingerprint density at radius 3 is 2.72 bits per heavy atom. The molecule has 0 aromatic heterocycles. The molecule has 4 N–H and O–H groups in total. The van der Waals surface area contributed by atoms with Gasteiger partial charge in [0.05, 0.1) is 0 Å². The van der Waals surface area contributed by atoms with Gasteiger partial charge in [-0.25, -0.2) is 5.84 Å². The van der Waals surface area contributed by atoms with Gasteiger partial charge in [-0.05, 0) is 19.3 Å². The molecular formula is C12H25N5O. The van der Waals surface area contributed by atoms with Gasteiger partial charge in [0, 0.05) is 32.6 Å². The van der Waals surface area contributed by atoms with E-state index in [1.807, 2.05) is 4.90 Å². The molecule has 0 bridgehead atoms. The van der Waals surface area contributed by atoms with Crippen molar-refractivity contribution in [3.63, 3.8) is 0 Å². The Kier molecular flexibility index (Phi) is 7.17. The summed E-state index contributed by atoms with van der Waals surface area (Å²) in [5, 5.41) is 3.05. The lowest BCUT2D eigenvalue weighted by atomic mass is 10.3. The predicted octanol–water partition coefficient (Wildman–Crippen LogP) is 0.208. The third-order valence-electron chi connectivity index (χ3n) is 3.01. The number of hydrogen-bond donors (Lipinski definition) is 3. The van der Waals surface area contributed by atoms with Gasteiger partial charge in [-0.3, -0.25) is 15.2 Å². The van der Waals surface area contributed by atoms with Crippen molar-refractivity contribution < 1.29 is 4.79 Å². The minimum atomic E-state index is 0.213. The Morgan fingerprint density at radius 2 is 2.11 bits per heavy atom. The first kappa shape index (κ1) is 14.8. The molecule has 0 saturated carbocycles. The van der Waals surface area contributed by atoms with Crippen LogP contribution < -0.4 is 16.6 Å². The molecule has 1 heterocycles. The first-order valence-corrected chi connectivity index (χ1v) is 6.80. The molecule has 0 aromatic carbocycles. The number of rotatable bonds is 6. The van der Waals surface area contributed by atoms with Crippen molar-refractivity contribution in [2.75, 3.05) is 26.2 Å². The second-order valence-corrected chi connectivity index (χ2v) is 4.49. The largest absolute Gasteiger partial charge is 0.355 e. The first-order valence-electron chi connectivity index (χ1n) is 6.80. The highest BCUT2D eigenvalue weighted by molar-refractivity contribution is 5.81. The van der Waals surface area contributed by atoms with Gasteiger partial charge in [0.1, 0.15) is 0 Å². The second kappa shape index (κ2) is 8.74. The summed E-state index contributed by atoms with van der Waals surface area (Å²) >= 11 is 0. The zero-order valence-corrected chi connectivity index (χ0v) is 11.2. The van der Waals surface area contributed by atoms with E-state index in [1.165, 1.54) is 0 Å². The second-order valence-electron chi connectivity index (χ2n) is 4.49. The molecular weight excluding hydrogens is 230 g/mol. The molecule has 0 spiro atoms. The Morgan fingerprint density at radius 1 is 1.39 bits per heavy atom. The number of nitrogens with zero attached hydrogens (tertiary/aromatic N) is 2. The maximum absolute atomic E-state index is 11.8. The minimum Gasteiger partial charge on any atom is -0.355 e. The number of nitrogens with two attached hydrogens (primary N) is 1. The van der Waals surface area contributed by atoms with E-state index in [1.54, 1.807) is 0 Å². The highest BCUT2D eigenvalue weighted by Crippen LogP contribution is 2.08. The summed E-state index contributed by atoms with van der Waals surface area (Å²) in [7, 11) is 0. The molecule has 1 fully saturated rings. The molecule has 6 nitrogen and oxygen atoms in total. The quantitative estimate of drug-likeness (QED) is 0.208. The monoisotopic (exact) mass is 255 g/mol. The van der Waals surface area contributed by atoms with E-state index in [0.717, 1.165) is 45.3 Å². The van der Waals surface area contributed by atoms with Crippen LogP contribution in [0.4, 0.5) is 0 Å². The molecule has 1 aliphatic rings. The summed E-state index contributed by atoms with van der Waals surface area (Å²) < 4.78 is 0. The minimum absolute atomic E-state index is 0.213. The van der Waals surface area contributed by atoms with Crippen LogP contribution in [-0.4, -0.2) is 42.9 Å². The van der Waals surface area contributed by atoms with Gasteiger partial charge in [-0.15, -0.1) is 0 Å². The number of carbonyl (C=O) groups is 1. The van der Waals surface area contributed by atoms with Crippen LogP contribution in [0.3, 0.4) is 0 Å². The van der Waals surface area contributed by atoms with Gasteiger partial charge in [0.15, 0.2) is 0 Å². The smallest absolute Gasteiger partial charge is 0.224 e. The Bertz CT molecular complexity index is 274. The zero-order chi connectivity index (χ0) is 13.2. The molecule has 1 aliphatic heterocycles. The number of amides is 1. The lowest BCUT2D eigenvalue weighted by Gasteiger charge is -2.15.